The van der Waals surface area contributed by atoms with E-state index < -0.39 is 11.8 Å². The topological polar surface area (TPSA) is 49.8 Å². The van der Waals surface area contributed by atoms with Crippen LogP contribution >= 0.6 is 0 Å². The van der Waals surface area contributed by atoms with Gasteiger partial charge in [0.15, 0.2) is 0 Å². The van der Waals surface area contributed by atoms with Gasteiger partial charge in [-0.1, -0.05) is 13.8 Å². The summed E-state index contributed by atoms with van der Waals surface area (Å²) in [6, 6.07) is 3.79. The van der Waals surface area contributed by atoms with Crippen molar-refractivity contribution in [1.29, 1.82) is 0 Å². The lowest BCUT2D eigenvalue weighted by molar-refractivity contribution is 0.0693. The maximum atomic E-state index is 13.3. The van der Waals surface area contributed by atoms with E-state index in [0.717, 1.165) is 6.54 Å². The van der Waals surface area contributed by atoms with Crippen LogP contribution in [0, 0.1) is 11.7 Å². The van der Waals surface area contributed by atoms with Gasteiger partial charge in [-0.15, -0.1) is 0 Å². The Hall–Kier alpha value is -1.46. The number of aromatic carboxylic acids is 1. The molecule has 0 fully saturated rings. The van der Waals surface area contributed by atoms with Crippen molar-refractivity contribution in [3.63, 3.8) is 0 Å². The Labute approximate surface area is 119 Å². The third kappa shape index (κ3) is 5.27. The molecule has 0 saturated heterocycles. The number of carboxylic acids is 1. The van der Waals surface area contributed by atoms with E-state index in [9.17, 15) is 9.18 Å². The van der Waals surface area contributed by atoms with Gasteiger partial charge in [-0.25, -0.2) is 9.18 Å². The molecule has 0 aliphatic rings. The van der Waals surface area contributed by atoms with Gasteiger partial charge < -0.3 is 9.84 Å². The second kappa shape index (κ2) is 7.97. The Balaban J connectivity index is 2.90. The molecule has 0 aliphatic heterocycles. The number of halogens is 1. The Bertz CT molecular complexity index is 449. The normalized spacial score (nSPS) is 11.3. The minimum Gasteiger partial charge on any atom is -0.478 e. The summed E-state index contributed by atoms with van der Waals surface area (Å²) >= 11 is 0. The summed E-state index contributed by atoms with van der Waals surface area (Å²) in [5.41, 5.74) is 0.645. The number of benzene rings is 1. The predicted octanol–water partition coefficient (Wildman–Crippen LogP) is 2.63. The van der Waals surface area contributed by atoms with E-state index in [1.54, 1.807) is 7.11 Å². The van der Waals surface area contributed by atoms with Crippen LogP contribution in [0.2, 0.25) is 0 Å². The Morgan fingerprint density at radius 1 is 1.45 bits per heavy atom. The zero-order valence-electron chi connectivity index (χ0n) is 12.2. The van der Waals surface area contributed by atoms with E-state index >= 15 is 0 Å². The van der Waals surface area contributed by atoms with Crippen LogP contribution in [0.4, 0.5) is 4.39 Å². The molecule has 0 spiro atoms. The Kier molecular flexibility index (Phi) is 6.61. The van der Waals surface area contributed by atoms with Crippen molar-refractivity contribution in [2.75, 3.05) is 26.8 Å². The average molecular weight is 283 g/mol. The highest BCUT2D eigenvalue weighted by atomic mass is 19.1. The highest BCUT2D eigenvalue weighted by molar-refractivity contribution is 5.89. The third-order valence-corrected chi connectivity index (χ3v) is 2.93. The van der Waals surface area contributed by atoms with Crippen LogP contribution in [-0.2, 0) is 11.3 Å². The van der Waals surface area contributed by atoms with Crippen LogP contribution in [0.25, 0.3) is 0 Å². The van der Waals surface area contributed by atoms with Gasteiger partial charge in [0.2, 0.25) is 0 Å². The van der Waals surface area contributed by atoms with Crippen LogP contribution in [-0.4, -0.2) is 42.8 Å². The summed E-state index contributed by atoms with van der Waals surface area (Å²) in [4.78, 5) is 13.3. The predicted molar refractivity (Wildman–Crippen MR) is 75.4 cm³/mol. The van der Waals surface area contributed by atoms with Gasteiger partial charge >= 0.3 is 5.97 Å². The number of rotatable bonds is 8. The molecule has 0 bridgehead atoms. The Morgan fingerprint density at radius 2 is 2.15 bits per heavy atom. The number of carboxylic acid groups (broad SMARTS) is 1. The minimum atomic E-state index is -1.03. The van der Waals surface area contributed by atoms with Gasteiger partial charge in [0, 0.05) is 26.7 Å². The van der Waals surface area contributed by atoms with Crippen molar-refractivity contribution in [2.24, 2.45) is 5.92 Å². The molecule has 4 nitrogen and oxygen atoms in total. The maximum absolute atomic E-state index is 13.3. The summed E-state index contributed by atoms with van der Waals surface area (Å²) < 4.78 is 18.4. The van der Waals surface area contributed by atoms with Crippen molar-refractivity contribution in [3.8, 4) is 0 Å². The molecule has 112 valence electrons. The second-order valence-electron chi connectivity index (χ2n) is 5.23. The van der Waals surface area contributed by atoms with Gasteiger partial charge in [0.25, 0.3) is 0 Å². The van der Waals surface area contributed by atoms with E-state index in [1.165, 1.54) is 18.2 Å². The monoisotopic (exact) mass is 283 g/mol. The van der Waals surface area contributed by atoms with Gasteiger partial charge in [0.1, 0.15) is 5.82 Å². The fourth-order valence-corrected chi connectivity index (χ4v) is 2.11. The fraction of sp³-hybridized carbons (Fsp3) is 0.533. The molecule has 1 rings (SSSR count). The number of ether oxygens (including phenoxy) is 1. The molecule has 1 aromatic rings. The smallest absolute Gasteiger partial charge is 0.336 e. The molecular weight excluding hydrogens is 261 g/mol. The molecule has 0 saturated carbocycles. The summed E-state index contributed by atoms with van der Waals surface area (Å²) in [5.74, 6) is -1.01. The van der Waals surface area contributed by atoms with Crippen LogP contribution < -0.4 is 0 Å². The molecular formula is C15H22FNO3. The highest BCUT2D eigenvalue weighted by Gasteiger charge is 2.15. The first-order chi connectivity index (χ1) is 9.43. The summed E-state index contributed by atoms with van der Waals surface area (Å²) in [5, 5.41) is 9.16. The quantitative estimate of drug-likeness (QED) is 0.797. The second-order valence-corrected chi connectivity index (χ2v) is 5.23. The molecule has 5 heteroatoms. The van der Waals surface area contributed by atoms with Gasteiger partial charge in [-0.2, -0.15) is 0 Å². The molecule has 0 unspecified atom stereocenters. The van der Waals surface area contributed by atoms with Crippen molar-refractivity contribution >= 4 is 5.97 Å². The lowest BCUT2D eigenvalue weighted by Gasteiger charge is -2.24. The number of carbonyl (C=O) groups is 1. The first-order valence-corrected chi connectivity index (χ1v) is 6.67. The van der Waals surface area contributed by atoms with Crippen molar-refractivity contribution < 1.29 is 19.0 Å². The minimum absolute atomic E-state index is 0.151. The van der Waals surface area contributed by atoms with E-state index in [2.05, 4.69) is 18.7 Å². The number of hydrogen-bond acceptors (Lipinski definition) is 3. The molecule has 20 heavy (non-hydrogen) atoms. The van der Waals surface area contributed by atoms with E-state index in [-0.39, 0.29) is 5.56 Å². The molecule has 1 aromatic carbocycles. The van der Waals surface area contributed by atoms with Crippen molar-refractivity contribution in [3.05, 3.63) is 35.1 Å². The molecule has 0 amide bonds. The van der Waals surface area contributed by atoms with E-state index in [1.807, 2.05) is 0 Å². The average Bonchev–Trinajstić information content (AvgIpc) is 2.35. The summed E-state index contributed by atoms with van der Waals surface area (Å²) in [7, 11) is 1.62. The summed E-state index contributed by atoms with van der Waals surface area (Å²) in [6.07, 6.45) is 0. The highest BCUT2D eigenvalue weighted by Crippen LogP contribution is 2.15. The standard InChI is InChI=1S/C15H22FNO3/c1-11(2)9-17(6-7-20-3)10-12-8-13(16)4-5-14(12)15(18)19/h4-5,8,11H,6-7,9-10H2,1-3H3,(H,18,19). The van der Waals surface area contributed by atoms with Crippen LogP contribution in [0.1, 0.15) is 29.8 Å². The number of hydrogen-bond donors (Lipinski definition) is 1. The molecule has 0 radical (unpaired) electrons. The lowest BCUT2D eigenvalue weighted by Crippen LogP contribution is -2.31. The summed E-state index contributed by atoms with van der Waals surface area (Å²) in [6.45, 7) is 6.63. The molecule has 0 heterocycles. The van der Waals surface area contributed by atoms with Crippen LogP contribution in [0.3, 0.4) is 0 Å². The zero-order chi connectivity index (χ0) is 15.1. The first kappa shape index (κ1) is 16.6. The van der Waals surface area contributed by atoms with Crippen molar-refractivity contribution in [2.45, 2.75) is 20.4 Å². The van der Waals surface area contributed by atoms with Gasteiger partial charge in [-0.3, -0.25) is 4.90 Å². The van der Waals surface area contributed by atoms with Crippen molar-refractivity contribution in [1.82, 2.24) is 4.90 Å². The molecule has 1 N–H and O–H groups in total. The number of methoxy groups -OCH3 is 1. The van der Waals surface area contributed by atoms with Gasteiger partial charge in [-0.05, 0) is 29.7 Å². The first-order valence-electron chi connectivity index (χ1n) is 6.67. The largest absolute Gasteiger partial charge is 0.478 e. The van der Waals surface area contributed by atoms with E-state index in [0.29, 0.717) is 31.2 Å². The fourth-order valence-electron chi connectivity index (χ4n) is 2.11. The molecule has 0 aliphatic carbocycles. The zero-order valence-corrected chi connectivity index (χ0v) is 12.2. The third-order valence-electron chi connectivity index (χ3n) is 2.93. The molecule has 0 aromatic heterocycles. The lowest BCUT2D eigenvalue weighted by atomic mass is 10.1. The van der Waals surface area contributed by atoms with Crippen LogP contribution in [0.15, 0.2) is 18.2 Å². The van der Waals surface area contributed by atoms with Gasteiger partial charge in [0.05, 0.1) is 12.2 Å². The number of nitrogens with zero attached hydrogens (tertiary/aromatic N) is 1. The SMILES string of the molecule is COCCN(Cc1cc(F)ccc1C(=O)O)CC(C)C. The maximum Gasteiger partial charge on any atom is 0.336 e. The van der Waals surface area contributed by atoms with Crippen LogP contribution in [0.5, 0.6) is 0 Å². The molecule has 0 atom stereocenters. The van der Waals surface area contributed by atoms with E-state index in [4.69, 9.17) is 9.84 Å². The Morgan fingerprint density at radius 3 is 2.70 bits per heavy atom.